The van der Waals surface area contributed by atoms with Crippen LogP contribution in [0.4, 0.5) is 0 Å². The molecule has 0 amide bonds. The van der Waals surface area contributed by atoms with Gasteiger partial charge in [-0.15, -0.1) is 0 Å². The highest BCUT2D eigenvalue weighted by Gasteiger charge is 2.43. The van der Waals surface area contributed by atoms with Crippen LogP contribution in [0.25, 0.3) is 0 Å². The standard InChI is InChI=1S/C16H26O2Si/c1-4-10-14(13-11-8-7-9-12-13)16(5-2,6-3)15(17)18-19/h7-9,11-12,14H,4-6,10H2,1-3,19H3. The lowest BCUT2D eigenvalue weighted by Crippen LogP contribution is -2.37. The summed E-state index contributed by atoms with van der Waals surface area (Å²) in [7, 11) is 0.476. The topological polar surface area (TPSA) is 26.3 Å². The minimum absolute atomic E-state index is 0.00790. The second-order valence-electron chi connectivity index (χ2n) is 5.11. The van der Waals surface area contributed by atoms with Crippen molar-refractivity contribution in [2.45, 2.75) is 52.4 Å². The third-order valence-electron chi connectivity index (χ3n) is 4.30. The van der Waals surface area contributed by atoms with Crippen molar-refractivity contribution in [3.63, 3.8) is 0 Å². The van der Waals surface area contributed by atoms with E-state index < -0.39 is 0 Å². The molecule has 0 fully saturated rings. The highest BCUT2D eigenvalue weighted by atomic mass is 28.2. The molecule has 19 heavy (non-hydrogen) atoms. The van der Waals surface area contributed by atoms with Gasteiger partial charge in [0.1, 0.15) is 0 Å². The lowest BCUT2D eigenvalue weighted by molar-refractivity contribution is -0.148. The molecule has 0 N–H and O–H groups in total. The zero-order valence-electron chi connectivity index (χ0n) is 12.6. The average molecular weight is 278 g/mol. The van der Waals surface area contributed by atoms with E-state index in [1.165, 1.54) is 5.56 Å². The number of hydrogen-bond acceptors (Lipinski definition) is 2. The van der Waals surface area contributed by atoms with Crippen LogP contribution >= 0.6 is 0 Å². The molecule has 0 aliphatic carbocycles. The van der Waals surface area contributed by atoms with Gasteiger partial charge in [0.25, 0.3) is 5.97 Å². The maximum Gasteiger partial charge on any atom is 0.298 e. The summed E-state index contributed by atoms with van der Waals surface area (Å²) in [5.41, 5.74) is 0.902. The maximum atomic E-state index is 12.4. The highest BCUT2D eigenvalue weighted by Crippen LogP contribution is 2.45. The van der Waals surface area contributed by atoms with Crippen LogP contribution in [0.5, 0.6) is 0 Å². The molecule has 0 saturated carbocycles. The third kappa shape index (κ3) is 3.27. The van der Waals surface area contributed by atoms with E-state index in [-0.39, 0.29) is 17.3 Å². The Morgan fingerprint density at radius 3 is 2.21 bits per heavy atom. The second kappa shape index (κ2) is 7.48. The van der Waals surface area contributed by atoms with Gasteiger partial charge in [0, 0.05) is 0 Å². The minimum atomic E-state index is -0.362. The minimum Gasteiger partial charge on any atom is -0.528 e. The summed E-state index contributed by atoms with van der Waals surface area (Å²) in [6.07, 6.45) is 3.78. The van der Waals surface area contributed by atoms with Crippen molar-refractivity contribution in [1.29, 1.82) is 0 Å². The molecule has 0 saturated heterocycles. The van der Waals surface area contributed by atoms with Crippen LogP contribution in [0.3, 0.4) is 0 Å². The molecule has 0 aliphatic heterocycles. The molecule has 0 aliphatic rings. The van der Waals surface area contributed by atoms with E-state index >= 15 is 0 Å². The number of benzene rings is 1. The van der Waals surface area contributed by atoms with Crippen molar-refractivity contribution in [3.05, 3.63) is 35.9 Å². The zero-order valence-corrected chi connectivity index (χ0v) is 14.6. The van der Waals surface area contributed by atoms with E-state index in [4.69, 9.17) is 4.43 Å². The largest absolute Gasteiger partial charge is 0.528 e. The van der Waals surface area contributed by atoms with E-state index in [2.05, 4.69) is 45.0 Å². The molecule has 1 aromatic carbocycles. The van der Waals surface area contributed by atoms with Gasteiger partial charge in [0.15, 0.2) is 0 Å². The van der Waals surface area contributed by atoms with Crippen LogP contribution in [0.15, 0.2) is 30.3 Å². The molecule has 0 bridgehead atoms. The van der Waals surface area contributed by atoms with Gasteiger partial charge in [-0.2, -0.15) is 0 Å². The first kappa shape index (κ1) is 16.0. The molecule has 1 atom stereocenters. The van der Waals surface area contributed by atoms with Gasteiger partial charge in [-0.3, -0.25) is 4.79 Å². The van der Waals surface area contributed by atoms with Gasteiger partial charge in [-0.25, -0.2) is 0 Å². The predicted molar refractivity (Wildman–Crippen MR) is 83.1 cm³/mol. The number of carbonyl (C=O) groups is 1. The molecule has 106 valence electrons. The number of carbonyl (C=O) groups excluding carboxylic acids is 1. The van der Waals surface area contributed by atoms with Crippen LogP contribution in [0.1, 0.15) is 57.9 Å². The molecule has 0 aromatic heterocycles. The lowest BCUT2D eigenvalue weighted by atomic mass is 9.67. The summed E-state index contributed by atoms with van der Waals surface area (Å²) in [5.74, 6) is 0.251. The molecule has 1 unspecified atom stereocenters. The molecule has 0 spiro atoms. The number of rotatable bonds is 7. The lowest BCUT2D eigenvalue weighted by Gasteiger charge is -2.37. The Morgan fingerprint density at radius 2 is 1.79 bits per heavy atom. The van der Waals surface area contributed by atoms with E-state index in [0.29, 0.717) is 10.5 Å². The Labute approximate surface area is 120 Å². The molecule has 0 heterocycles. The van der Waals surface area contributed by atoms with Crippen LogP contribution in [0.2, 0.25) is 0 Å². The van der Waals surface area contributed by atoms with Crippen molar-refractivity contribution < 1.29 is 9.22 Å². The van der Waals surface area contributed by atoms with Gasteiger partial charge < -0.3 is 4.43 Å². The molecular weight excluding hydrogens is 252 g/mol. The fourth-order valence-corrected chi connectivity index (χ4v) is 3.52. The van der Waals surface area contributed by atoms with Crippen molar-refractivity contribution in [3.8, 4) is 0 Å². The first-order valence-corrected chi connectivity index (χ1v) is 8.11. The normalized spacial score (nSPS) is 13.2. The fourth-order valence-electron chi connectivity index (χ4n) is 3.11. The molecule has 2 nitrogen and oxygen atoms in total. The summed E-state index contributed by atoms with van der Waals surface area (Å²) in [6.45, 7) is 6.39. The average Bonchev–Trinajstić information content (AvgIpc) is 2.48. The summed E-state index contributed by atoms with van der Waals surface area (Å²) >= 11 is 0. The Kier molecular flexibility index (Phi) is 6.29. The maximum absolute atomic E-state index is 12.4. The van der Waals surface area contributed by atoms with Gasteiger partial charge >= 0.3 is 0 Å². The van der Waals surface area contributed by atoms with Gasteiger partial charge in [0.2, 0.25) is 10.5 Å². The van der Waals surface area contributed by atoms with Crippen LogP contribution in [0, 0.1) is 5.41 Å². The Hall–Kier alpha value is -1.09. The van der Waals surface area contributed by atoms with E-state index in [1.54, 1.807) is 0 Å². The van der Waals surface area contributed by atoms with Crippen molar-refractivity contribution in [2.75, 3.05) is 0 Å². The molecule has 1 aromatic rings. The summed E-state index contributed by atoms with van der Waals surface area (Å²) in [6, 6.07) is 10.4. The van der Waals surface area contributed by atoms with Crippen molar-refractivity contribution in [2.24, 2.45) is 5.41 Å². The van der Waals surface area contributed by atoms with Gasteiger partial charge in [-0.1, -0.05) is 57.5 Å². The monoisotopic (exact) mass is 278 g/mol. The van der Waals surface area contributed by atoms with Crippen molar-refractivity contribution in [1.82, 2.24) is 0 Å². The van der Waals surface area contributed by atoms with E-state index in [9.17, 15) is 4.79 Å². The van der Waals surface area contributed by atoms with Crippen LogP contribution < -0.4 is 0 Å². The number of hydrogen-bond donors (Lipinski definition) is 0. The first-order valence-electron chi connectivity index (χ1n) is 7.29. The Bertz CT molecular complexity index is 385. The SMILES string of the molecule is CCCC(c1ccccc1)C(CC)(CC)C(=O)O[SiH3]. The van der Waals surface area contributed by atoms with E-state index in [0.717, 1.165) is 25.7 Å². The molecular formula is C16H26O2Si. The van der Waals surface area contributed by atoms with Crippen molar-refractivity contribution >= 4 is 16.5 Å². The fraction of sp³-hybridized carbons (Fsp3) is 0.562. The van der Waals surface area contributed by atoms with E-state index in [1.807, 2.05) is 6.07 Å². The van der Waals surface area contributed by atoms with Gasteiger partial charge in [0.05, 0.1) is 5.41 Å². The Balaban J connectivity index is 3.24. The van der Waals surface area contributed by atoms with Crippen LogP contribution in [-0.2, 0) is 9.22 Å². The molecule has 0 radical (unpaired) electrons. The smallest absolute Gasteiger partial charge is 0.298 e. The second-order valence-corrected chi connectivity index (χ2v) is 5.52. The van der Waals surface area contributed by atoms with Gasteiger partial charge in [-0.05, 0) is 30.7 Å². The molecule has 1 rings (SSSR count). The first-order chi connectivity index (χ1) is 9.16. The quantitative estimate of drug-likeness (QED) is 0.716. The summed E-state index contributed by atoms with van der Waals surface area (Å²) in [5, 5.41) is 0. The Morgan fingerprint density at radius 1 is 1.21 bits per heavy atom. The summed E-state index contributed by atoms with van der Waals surface area (Å²) in [4.78, 5) is 12.4. The molecule has 3 heteroatoms. The highest BCUT2D eigenvalue weighted by molar-refractivity contribution is 6.06. The van der Waals surface area contributed by atoms with Crippen LogP contribution in [-0.4, -0.2) is 16.5 Å². The third-order valence-corrected chi connectivity index (χ3v) is 4.67. The zero-order chi connectivity index (χ0) is 14.3. The predicted octanol–water partition coefficient (Wildman–Crippen LogP) is 3.20. The summed E-state index contributed by atoms with van der Waals surface area (Å²) < 4.78 is 5.25.